The zero-order valence-corrected chi connectivity index (χ0v) is 23.1. The molecule has 0 unspecified atom stereocenters. The van der Waals surface area contributed by atoms with Crippen molar-refractivity contribution in [1.29, 1.82) is 0 Å². The third-order valence-corrected chi connectivity index (χ3v) is 9.27. The summed E-state index contributed by atoms with van der Waals surface area (Å²) in [6.07, 6.45) is 0.941. The Balaban J connectivity index is 1.37. The van der Waals surface area contributed by atoms with Gasteiger partial charge in [-0.3, -0.25) is 0 Å². The normalized spacial score (nSPS) is 12.7. The largest absolute Gasteiger partial charge is 0.295 e. The summed E-state index contributed by atoms with van der Waals surface area (Å²) in [4.78, 5) is 0. The van der Waals surface area contributed by atoms with Gasteiger partial charge in [0.25, 0.3) is 5.82 Å². The molecule has 7 aromatic rings. The minimum absolute atomic E-state index is 0.941. The predicted octanol–water partition coefficient (Wildman–Crippen LogP) is 6.79. The maximum Gasteiger partial charge on any atom is 0.295 e. The summed E-state index contributed by atoms with van der Waals surface area (Å²) in [5, 5.41) is 2.53. The summed E-state index contributed by atoms with van der Waals surface area (Å²) in [5.74, 6) is 1.23. The fraction of sp³-hybridized carbons (Fsp3) is 0.0789. The third-order valence-electron chi connectivity index (χ3n) is 9.27. The van der Waals surface area contributed by atoms with Crippen LogP contribution in [-0.4, -0.2) is 11.8 Å². The van der Waals surface area contributed by atoms with Crippen LogP contribution in [0.1, 0.15) is 16.7 Å². The van der Waals surface area contributed by atoms with E-state index in [-0.39, 0.29) is 0 Å². The number of para-hydroxylation sites is 1. The van der Waals surface area contributed by atoms with E-state index in [9.17, 15) is 0 Å². The van der Waals surface area contributed by atoms with E-state index in [1.807, 2.05) is 0 Å². The van der Waals surface area contributed by atoms with E-state index in [4.69, 9.17) is 0 Å². The lowest BCUT2D eigenvalue weighted by atomic mass is 9.65. The van der Waals surface area contributed by atoms with Gasteiger partial charge in [-0.05, 0) is 88.0 Å². The molecule has 0 bridgehead atoms. The van der Waals surface area contributed by atoms with E-state index in [1.165, 1.54) is 88.8 Å². The first-order chi connectivity index (χ1) is 20.2. The molecule has 2 heterocycles. The molecule has 0 spiro atoms. The number of fused-ring (bicyclic) bond motifs is 10. The van der Waals surface area contributed by atoms with E-state index in [0.29, 0.717) is 0 Å². The number of aromatic nitrogens is 2. The Kier molecular flexibility index (Phi) is 4.64. The summed E-state index contributed by atoms with van der Waals surface area (Å²) < 4.78 is 4.91. The summed E-state index contributed by atoms with van der Waals surface area (Å²) in [6.45, 7) is 2.27. The molecule has 2 aliphatic rings. The second-order valence-electron chi connectivity index (χ2n) is 11.5. The van der Waals surface area contributed by atoms with Crippen LogP contribution in [0, 0.1) is 6.92 Å². The Bertz CT molecular complexity index is 2220. The van der Waals surface area contributed by atoms with Crippen molar-refractivity contribution in [2.45, 2.75) is 13.3 Å². The minimum atomic E-state index is 0.941. The Morgan fingerprint density at radius 1 is 0.683 bits per heavy atom. The van der Waals surface area contributed by atoms with E-state index in [2.05, 4.69) is 146 Å². The first-order valence-electron chi connectivity index (χ1n) is 14.4. The number of aryl methyl sites for hydroxylation is 2. The molecule has 41 heavy (non-hydrogen) atoms. The molecule has 0 N–H and O–H groups in total. The number of nitrogens with zero attached hydrogens (tertiary/aromatic N) is 2. The van der Waals surface area contributed by atoms with Crippen LogP contribution in [0.15, 0.2) is 115 Å². The summed E-state index contributed by atoms with van der Waals surface area (Å²) >= 11 is 0. The van der Waals surface area contributed by atoms with E-state index < -0.39 is 0 Å². The number of benzene rings is 6. The summed E-state index contributed by atoms with van der Waals surface area (Å²) in [6, 6.07) is 42.3. The van der Waals surface area contributed by atoms with Crippen LogP contribution < -0.4 is 15.5 Å². The molecule has 1 aliphatic heterocycles. The van der Waals surface area contributed by atoms with Crippen molar-refractivity contribution in [3.05, 3.63) is 132 Å². The highest BCUT2D eigenvalue weighted by Gasteiger charge is 2.35. The molecule has 1 radical (unpaired) electrons. The molecule has 0 saturated carbocycles. The summed E-state index contributed by atoms with van der Waals surface area (Å²) in [7, 11) is 4.63. The Labute approximate surface area is 240 Å². The van der Waals surface area contributed by atoms with Crippen LogP contribution in [-0.2, 0) is 13.5 Å². The first kappa shape index (κ1) is 22.9. The van der Waals surface area contributed by atoms with Gasteiger partial charge < -0.3 is 0 Å². The second kappa shape index (κ2) is 8.31. The van der Waals surface area contributed by atoms with Crippen LogP contribution in [0.2, 0.25) is 0 Å². The van der Waals surface area contributed by atoms with Crippen molar-refractivity contribution >= 4 is 40.0 Å². The Hall–Kier alpha value is -4.89. The first-order valence-corrected chi connectivity index (χ1v) is 14.4. The van der Waals surface area contributed by atoms with Crippen LogP contribution in [0.25, 0.3) is 61.1 Å². The SMILES string of the molecule is Cc1ccc2c(c1-c1n(-c3ccccc3)c3c4ccccc4ccc3[n+]1C)Cc1ccc3c(c1-2)[B]c1ccccc1-3. The molecule has 9 rings (SSSR count). The van der Waals surface area contributed by atoms with Crippen molar-refractivity contribution in [3.8, 4) is 39.3 Å². The monoisotopic (exact) mass is 522 g/mol. The van der Waals surface area contributed by atoms with Gasteiger partial charge in [0, 0.05) is 5.39 Å². The van der Waals surface area contributed by atoms with Gasteiger partial charge in [0.05, 0.1) is 12.6 Å². The number of imidazole rings is 1. The quantitative estimate of drug-likeness (QED) is 0.175. The molecular formula is C38H27BN2+. The van der Waals surface area contributed by atoms with Crippen molar-refractivity contribution in [1.82, 2.24) is 4.57 Å². The van der Waals surface area contributed by atoms with Crippen molar-refractivity contribution in [2.24, 2.45) is 7.05 Å². The standard InChI is InChI=1S/C38H27BN2/c1-23-16-19-29-31(22-25-17-20-30-28-14-8-9-15-32(28)39-36(30)35(25)29)34(23)38-40(2)33-21-18-24-10-6-7-13-27(24)37(33)41(38)26-11-4-3-5-12-26/h3-21H,22H2,1-2H3/q+1. The molecule has 6 aromatic carbocycles. The van der Waals surface area contributed by atoms with Crippen LogP contribution in [0.3, 0.4) is 0 Å². The van der Waals surface area contributed by atoms with Crippen LogP contribution in [0.5, 0.6) is 0 Å². The third kappa shape index (κ3) is 3.06. The van der Waals surface area contributed by atoms with E-state index >= 15 is 0 Å². The molecule has 3 heteroatoms. The number of rotatable bonds is 2. The van der Waals surface area contributed by atoms with Gasteiger partial charge in [0.2, 0.25) is 0 Å². The lowest BCUT2D eigenvalue weighted by Crippen LogP contribution is -2.30. The number of hydrogen-bond acceptors (Lipinski definition) is 0. The topological polar surface area (TPSA) is 8.81 Å². The van der Waals surface area contributed by atoms with Gasteiger partial charge in [0.15, 0.2) is 18.3 Å². The lowest BCUT2D eigenvalue weighted by Gasteiger charge is -2.13. The summed E-state index contributed by atoms with van der Waals surface area (Å²) in [5.41, 5.74) is 17.3. The smallest absolute Gasteiger partial charge is 0.225 e. The molecule has 0 amide bonds. The minimum Gasteiger partial charge on any atom is -0.225 e. The molecule has 1 aliphatic carbocycles. The predicted molar refractivity (Wildman–Crippen MR) is 171 cm³/mol. The van der Waals surface area contributed by atoms with Gasteiger partial charge in [-0.2, -0.15) is 4.57 Å². The van der Waals surface area contributed by atoms with Gasteiger partial charge in [-0.15, -0.1) is 0 Å². The van der Waals surface area contributed by atoms with Gasteiger partial charge in [-0.25, -0.2) is 4.57 Å². The van der Waals surface area contributed by atoms with Crippen LogP contribution >= 0.6 is 0 Å². The van der Waals surface area contributed by atoms with Crippen molar-refractivity contribution < 1.29 is 4.57 Å². The maximum absolute atomic E-state index is 2.50. The molecule has 2 nitrogen and oxygen atoms in total. The highest BCUT2D eigenvalue weighted by atomic mass is 15.2. The van der Waals surface area contributed by atoms with Gasteiger partial charge in [0.1, 0.15) is 5.69 Å². The molecule has 191 valence electrons. The second-order valence-corrected chi connectivity index (χ2v) is 11.5. The average Bonchev–Trinajstić information content (AvgIpc) is 3.67. The van der Waals surface area contributed by atoms with Crippen molar-refractivity contribution in [3.63, 3.8) is 0 Å². The Morgan fingerprint density at radius 2 is 1.46 bits per heavy atom. The fourth-order valence-electron chi connectivity index (χ4n) is 7.45. The van der Waals surface area contributed by atoms with Crippen LogP contribution in [0.4, 0.5) is 0 Å². The lowest BCUT2D eigenvalue weighted by molar-refractivity contribution is -0.633. The number of hydrogen-bond donors (Lipinski definition) is 0. The molecule has 0 saturated heterocycles. The average molecular weight is 522 g/mol. The van der Waals surface area contributed by atoms with Crippen molar-refractivity contribution in [2.75, 3.05) is 0 Å². The highest BCUT2D eigenvalue weighted by Crippen LogP contribution is 2.45. The fourth-order valence-corrected chi connectivity index (χ4v) is 7.45. The molecule has 0 fully saturated rings. The Morgan fingerprint density at radius 3 is 2.37 bits per heavy atom. The van der Waals surface area contributed by atoms with E-state index in [0.717, 1.165) is 6.42 Å². The highest BCUT2D eigenvalue weighted by molar-refractivity contribution is 6.75. The molecular weight excluding hydrogens is 495 g/mol. The maximum atomic E-state index is 2.50. The van der Waals surface area contributed by atoms with Gasteiger partial charge >= 0.3 is 0 Å². The van der Waals surface area contributed by atoms with Gasteiger partial charge in [-0.1, -0.05) is 95.9 Å². The molecule has 0 atom stereocenters. The zero-order valence-electron chi connectivity index (χ0n) is 23.1. The zero-order chi connectivity index (χ0) is 27.2. The van der Waals surface area contributed by atoms with E-state index in [1.54, 1.807) is 0 Å². The molecule has 1 aromatic heterocycles.